The number of fused-ring (bicyclic) bond motifs is 1. The molecule has 0 unspecified atom stereocenters. The first-order valence-corrected chi connectivity index (χ1v) is 15.4. The lowest BCUT2D eigenvalue weighted by molar-refractivity contribution is -0.160. The molecule has 2 aliphatic heterocycles. The van der Waals surface area contributed by atoms with Crippen LogP contribution >= 0.6 is 0 Å². The van der Waals surface area contributed by atoms with E-state index < -0.39 is 17.7 Å². The Morgan fingerprint density at radius 1 is 0.976 bits per heavy atom. The van der Waals surface area contributed by atoms with Crippen molar-refractivity contribution in [3.63, 3.8) is 0 Å². The maximum absolute atomic E-state index is 12.7. The fraction of sp³-hybridized carbons (Fsp3) is 0.500. The Kier molecular flexibility index (Phi) is 8.51. The van der Waals surface area contributed by atoms with Gasteiger partial charge in [-0.3, -0.25) is 9.88 Å². The zero-order valence-corrected chi connectivity index (χ0v) is 26.5. The van der Waals surface area contributed by atoms with Gasteiger partial charge in [-0.15, -0.1) is 0 Å². The van der Waals surface area contributed by atoms with Crippen molar-refractivity contribution in [2.45, 2.75) is 92.5 Å². The first-order valence-electron chi connectivity index (χ1n) is 15.4. The highest BCUT2D eigenvalue weighted by Gasteiger charge is 2.36. The van der Waals surface area contributed by atoms with Gasteiger partial charge in [0.1, 0.15) is 0 Å². The van der Waals surface area contributed by atoms with Gasteiger partial charge in [-0.05, 0) is 81.5 Å². The molecule has 0 spiro atoms. The van der Waals surface area contributed by atoms with E-state index in [-0.39, 0.29) is 5.41 Å². The number of aromatic nitrogens is 1. The van der Waals surface area contributed by atoms with E-state index in [4.69, 9.17) is 9.72 Å². The van der Waals surface area contributed by atoms with Crippen molar-refractivity contribution in [3.8, 4) is 11.1 Å². The number of aryl methyl sites for hydroxylation is 2. The normalized spacial score (nSPS) is 18.0. The number of rotatable bonds is 7. The minimum atomic E-state index is -1.11. The zero-order chi connectivity index (χ0) is 30.2. The predicted octanol–water partition coefficient (Wildman–Crippen LogP) is 7.49. The van der Waals surface area contributed by atoms with Crippen LogP contribution in [0.5, 0.6) is 0 Å². The molecular formula is C36H47N3O3. The van der Waals surface area contributed by atoms with Crippen molar-refractivity contribution in [1.29, 1.82) is 0 Å². The molecule has 3 heterocycles. The van der Waals surface area contributed by atoms with Gasteiger partial charge in [-0.1, -0.05) is 62.4 Å². The molecule has 2 aliphatic rings. The molecule has 1 atom stereocenters. The molecule has 0 amide bonds. The summed E-state index contributed by atoms with van der Waals surface area (Å²) < 4.78 is 6.23. The lowest BCUT2D eigenvalue weighted by Crippen LogP contribution is -2.39. The summed E-state index contributed by atoms with van der Waals surface area (Å²) in [7, 11) is 0. The van der Waals surface area contributed by atoms with Gasteiger partial charge in [0.05, 0.1) is 11.3 Å². The third kappa shape index (κ3) is 6.71. The van der Waals surface area contributed by atoms with E-state index in [0.717, 1.165) is 80.2 Å². The number of hydrogen-bond acceptors (Lipinski definition) is 5. The standard InChI is InChI=1S/C36H47N3O3/c1-24-30(28-14-12-26(13-15-28)22-38-19-16-27-10-8-9-11-29(27)23-38)32(39-20-17-36(6,7)18-21-39)31(25(2)37-24)33(34(40)41)42-35(3,4)5/h8-15,33H,16-23H2,1-7H3,(H,40,41)/t33-/m0/s1. The fourth-order valence-corrected chi connectivity index (χ4v) is 6.48. The minimum Gasteiger partial charge on any atom is -0.479 e. The Bertz CT molecular complexity index is 1430. The van der Waals surface area contributed by atoms with Crippen LogP contribution in [0.3, 0.4) is 0 Å². The SMILES string of the molecule is Cc1nc(C)c([C@H](OC(C)(C)C)C(=O)O)c(N2CCC(C)(C)CC2)c1-c1ccc(CN2CCc3ccccc3C2)cc1. The van der Waals surface area contributed by atoms with Gasteiger partial charge < -0.3 is 14.7 Å². The van der Waals surface area contributed by atoms with Crippen LogP contribution in [0, 0.1) is 19.3 Å². The summed E-state index contributed by atoms with van der Waals surface area (Å²) in [6.45, 7) is 19.0. The number of carboxylic acids is 1. The van der Waals surface area contributed by atoms with Crippen LogP contribution in [0.25, 0.3) is 11.1 Å². The summed E-state index contributed by atoms with van der Waals surface area (Å²) in [4.78, 5) is 22.6. The summed E-state index contributed by atoms with van der Waals surface area (Å²) in [5.74, 6) is -0.985. The van der Waals surface area contributed by atoms with E-state index in [1.807, 2.05) is 34.6 Å². The second kappa shape index (κ2) is 11.8. The highest BCUT2D eigenvalue weighted by molar-refractivity contribution is 5.88. The van der Waals surface area contributed by atoms with Gasteiger partial charge in [0, 0.05) is 55.2 Å². The molecule has 0 bridgehead atoms. The number of aliphatic carboxylic acids is 1. The second-order valence-electron chi connectivity index (χ2n) is 13.9. The Morgan fingerprint density at radius 2 is 1.62 bits per heavy atom. The van der Waals surface area contributed by atoms with Gasteiger partial charge in [0.25, 0.3) is 0 Å². The summed E-state index contributed by atoms with van der Waals surface area (Å²) in [6, 6.07) is 17.6. The van der Waals surface area contributed by atoms with Gasteiger partial charge in [0.15, 0.2) is 6.10 Å². The van der Waals surface area contributed by atoms with Crippen LogP contribution < -0.4 is 4.90 Å². The molecule has 5 rings (SSSR count). The average Bonchev–Trinajstić information content (AvgIpc) is 2.92. The lowest BCUT2D eigenvalue weighted by Gasteiger charge is -2.41. The molecule has 0 saturated carbocycles. The minimum absolute atomic E-state index is 0.263. The molecule has 2 aromatic carbocycles. The maximum Gasteiger partial charge on any atom is 0.337 e. The average molecular weight is 570 g/mol. The van der Waals surface area contributed by atoms with Gasteiger partial charge in [-0.25, -0.2) is 4.79 Å². The van der Waals surface area contributed by atoms with Gasteiger partial charge in [-0.2, -0.15) is 0 Å². The molecule has 0 aliphatic carbocycles. The Morgan fingerprint density at radius 3 is 2.24 bits per heavy atom. The quantitative estimate of drug-likeness (QED) is 0.318. The van der Waals surface area contributed by atoms with Gasteiger partial charge >= 0.3 is 5.97 Å². The molecular weight excluding hydrogens is 522 g/mol. The van der Waals surface area contributed by atoms with Crippen molar-refractivity contribution in [2.24, 2.45) is 5.41 Å². The van der Waals surface area contributed by atoms with Gasteiger partial charge in [0.2, 0.25) is 0 Å². The van der Waals surface area contributed by atoms with E-state index in [0.29, 0.717) is 5.56 Å². The second-order valence-corrected chi connectivity index (χ2v) is 13.9. The topological polar surface area (TPSA) is 65.9 Å². The third-order valence-corrected chi connectivity index (χ3v) is 8.83. The molecule has 1 fully saturated rings. The Hall–Kier alpha value is -3.22. The molecule has 6 nitrogen and oxygen atoms in total. The number of carbonyl (C=O) groups is 1. The van der Waals surface area contributed by atoms with Crippen LogP contribution in [-0.2, 0) is 29.0 Å². The van der Waals surface area contributed by atoms with Crippen molar-refractivity contribution < 1.29 is 14.6 Å². The van der Waals surface area contributed by atoms with Crippen molar-refractivity contribution in [1.82, 2.24) is 9.88 Å². The fourth-order valence-electron chi connectivity index (χ4n) is 6.48. The number of hydrogen-bond donors (Lipinski definition) is 1. The van der Waals surface area contributed by atoms with Crippen LogP contribution in [0.1, 0.15) is 87.2 Å². The highest BCUT2D eigenvalue weighted by Crippen LogP contribution is 2.44. The van der Waals surface area contributed by atoms with Crippen LogP contribution in [0.15, 0.2) is 48.5 Å². The number of piperidine rings is 1. The highest BCUT2D eigenvalue weighted by atomic mass is 16.5. The first-order chi connectivity index (χ1) is 19.8. The number of benzene rings is 2. The molecule has 42 heavy (non-hydrogen) atoms. The van der Waals surface area contributed by atoms with E-state index in [2.05, 4.69) is 72.2 Å². The molecule has 1 N–H and O–H groups in total. The van der Waals surface area contributed by atoms with E-state index in [1.165, 1.54) is 16.7 Å². The van der Waals surface area contributed by atoms with E-state index >= 15 is 0 Å². The maximum atomic E-state index is 12.7. The zero-order valence-electron chi connectivity index (χ0n) is 26.5. The van der Waals surface area contributed by atoms with E-state index in [9.17, 15) is 9.90 Å². The number of pyridine rings is 1. The molecule has 1 aromatic heterocycles. The van der Waals surface area contributed by atoms with Crippen LogP contribution in [0.4, 0.5) is 5.69 Å². The lowest BCUT2D eigenvalue weighted by atomic mass is 9.81. The summed E-state index contributed by atoms with van der Waals surface area (Å²) in [5, 5.41) is 10.4. The van der Waals surface area contributed by atoms with Crippen LogP contribution in [-0.4, -0.2) is 46.2 Å². The predicted molar refractivity (Wildman–Crippen MR) is 170 cm³/mol. The monoisotopic (exact) mass is 569 g/mol. The number of ether oxygens (including phenoxy) is 1. The summed E-state index contributed by atoms with van der Waals surface area (Å²) >= 11 is 0. The molecule has 6 heteroatoms. The molecule has 1 saturated heterocycles. The number of nitrogens with zero attached hydrogens (tertiary/aromatic N) is 3. The smallest absolute Gasteiger partial charge is 0.337 e. The van der Waals surface area contributed by atoms with Crippen molar-refractivity contribution >= 4 is 11.7 Å². The number of anilines is 1. The summed E-state index contributed by atoms with van der Waals surface area (Å²) in [5.41, 5.74) is 9.15. The first kappa shape index (κ1) is 30.2. The Balaban J connectivity index is 1.53. The third-order valence-electron chi connectivity index (χ3n) is 8.83. The molecule has 0 radical (unpaired) electrons. The van der Waals surface area contributed by atoms with Crippen LogP contribution in [0.2, 0.25) is 0 Å². The molecule has 224 valence electrons. The Labute approximate surface area is 251 Å². The number of carboxylic acid groups (broad SMARTS) is 1. The van der Waals surface area contributed by atoms with Crippen molar-refractivity contribution in [3.05, 3.63) is 82.2 Å². The van der Waals surface area contributed by atoms with E-state index in [1.54, 1.807) is 0 Å². The van der Waals surface area contributed by atoms with Crippen molar-refractivity contribution in [2.75, 3.05) is 24.5 Å². The largest absolute Gasteiger partial charge is 0.479 e. The molecule has 3 aromatic rings. The summed E-state index contributed by atoms with van der Waals surface area (Å²) in [6.07, 6.45) is 2.07.